The predicted molar refractivity (Wildman–Crippen MR) is 100 cm³/mol. The summed E-state index contributed by atoms with van der Waals surface area (Å²) >= 11 is 0. The Hall–Kier alpha value is -1.40. The Morgan fingerprint density at radius 3 is 2.46 bits per heavy atom. The lowest BCUT2D eigenvalue weighted by Gasteiger charge is -2.39. The molecule has 3 rings (SSSR count). The minimum Gasteiger partial charge on any atom is -0.469 e. The zero-order valence-electron chi connectivity index (χ0n) is 16.1. The zero-order valence-corrected chi connectivity index (χ0v) is 16.9. The highest BCUT2D eigenvalue weighted by molar-refractivity contribution is 7.89. The first-order valence-electron chi connectivity index (χ1n) is 9.22. The highest BCUT2D eigenvalue weighted by Gasteiger charge is 2.53. The average molecular weight is 380 g/mol. The molecular formula is C20H29NO4S. The van der Waals surface area contributed by atoms with Gasteiger partial charge in [0.25, 0.3) is 0 Å². The highest BCUT2D eigenvalue weighted by Crippen LogP contribution is 2.53. The molecule has 1 heterocycles. The van der Waals surface area contributed by atoms with E-state index in [4.69, 9.17) is 0 Å². The quantitative estimate of drug-likeness (QED) is 0.736. The number of esters is 1. The van der Waals surface area contributed by atoms with Crippen LogP contribution >= 0.6 is 0 Å². The number of fused-ring (bicyclic) bond motifs is 2. The largest absolute Gasteiger partial charge is 0.469 e. The fraction of sp³-hybridized carbons (Fsp3) is 0.650. The molecule has 5 nitrogen and oxygen atoms in total. The molecule has 0 amide bonds. The Balaban J connectivity index is 1.77. The maximum absolute atomic E-state index is 13.2. The Morgan fingerprint density at radius 2 is 1.85 bits per heavy atom. The standard InChI is InChI=1S/C20H29NO4S/c1-19(2)11-16-12-20(3,13-19)14-21(16)26(23,24)17-8-5-15(6-9-17)7-10-18(22)25-4/h5-6,8-9,16H,7,10-14H2,1-4H3. The Labute approximate surface area is 156 Å². The van der Waals surface area contributed by atoms with Crippen molar-refractivity contribution in [3.05, 3.63) is 29.8 Å². The number of hydrogen-bond donors (Lipinski definition) is 0. The van der Waals surface area contributed by atoms with E-state index in [0.717, 1.165) is 24.8 Å². The Kier molecular flexibility index (Phi) is 4.95. The van der Waals surface area contributed by atoms with Crippen LogP contribution in [0.3, 0.4) is 0 Å². The molecule has 1 aliphatic carbocycles. The van der Waals surface area contributed by atoms with Crippen LogP contribution in [0.4, 0.5) is 0 Å². The van der Waals surface area contributed by atoms with Crippen molar-refractivity contribution in [1.29, 1.82) is 0 Å². The van der Waals surface area contributed by atoms with Gasteiger partial charge >= 0.3 is 5.97 Å². The van der Waals surface area contributed by atoms with Gasteiger partial charge in [0.05, 0.1) is 12.0 Å². The third kappa shape index (κ3) is 3.81. The van der Waals surface area contributed by atoms with Gasteiger partial charge in [-0.25, -0.2) is 8.42 Å². The summed E-state index contributed by atoms with van der Waals surface area (Å²) in [5.41, 5.74) is 1.18. The molecule has 0 N–H and O–H groups in total. The second-order valence-electron chi connectivity index (χ2n) is 8.98. The number of benzene rings is 1. The second kappa shape index (κ2) is 6.64. The summed E-state index contributed by atoms with van der Waals surface area (Å²) in [5, 5.41) is 0. The maximum atomic E-state index is 13.2. The fourth-order valence-corrected chi connectivity index (χ4v) is 6.78. The van der Waals surface area contributed by atoms with Crippen LogP contribution in [-0.4, -0.2) is 38.4 Å². The number of aryl methyl sites for hydroxylation is 1. The van der Waals surface area contributed by atoms with Crippen molar-refractivity contribution in [2.75, 3.05) is 13.7 Å². The van der Waals surface area contributed by atoms with E-state index in [-0.39, 0.29) is 22.8 Å². The summed E-state index contributed by atoms with van der Waals surface area (Å²) in [5.74, 6) is -0.262. The molecule has 2 unspecified atom stereocenters. The van der Waals surface area contributed by atoms with Crippen LogP contribution in [0, 0.1) is 10.8 Å². The van der Waals surface area contributed by atoms with E-state index >= 15 is 0 Å². The van der Waals surface area contributed by atoms with Gasteiger partial charge in [0.1, 0.15) is 0 Å². The second-order valence-corrected chi connectivity index (χ2v) is 10.9. The van der Waals surface area contributed by atoms with Gasteiger partial charge in [0.15, 0.2) is 0 Å². The number of ether oxygens (including phenoxy) is 1. The van der Waals surface area contributed by atoms with Crippen LogP contribution in [0.2, 0.25) is 0 Å². The number of hydrogen-bond acceptors (Lipinski definition) is 4. The van der Waals surface area contributed by atoms with Crippen LogP contribution in [0.5, 0.6) is 0 Å². The summed E-state index contributed by atoms with van der Waals surface area (Å²) in [6, 6.07) is 7.01. The topological polar surface area (TPSA) is 63.7 Å². The highest BCUT2D eigenvalue weighted by atomic mass is 32.2. The fourth-order valence-electron chi connectivity index (χ4n) is 5.00. The van der Waals surface area contributed by atoms with Gasteiger partial charge in [-0.05, 0) is 54.2 Å². The lowest BCUT2D eigenvalue weighted by Crippen LogP contribution is -2.37. The van der Waals surface area contributed by atoms with Gasteiger partial charge in [-0.3, -0.25) is 4.79 Å². The molecule has 0 spiro atoms. The molecule has 26 heavy (non-hydrogen) atoms. The number of carbonyl (C=O) groups excluding carboxylic acids is 1. The van der Waals surface area contributed by atoms with E-state index in [0.29, 0.717) is 24.3 Å². The molecule has 1 aliphatic heterocycles. The zero-order chi connectivity index (χ0) is 19.2. The first-order valence-corrected chi connectivity index (χ1v) is 10.7. The lowest BCUT2D eigenvalue weighted by atomic mass is 9.65. The summed E-state index contributed by atoms with van der Waals surface area (Å²) in [4.78, 5) is 11.6. The van der Waals surface area contributed by atoms with E-state index in [1.165, 1.54) is 7.11 Å². The molecule has 2 fully saturated rings. The molecule has 0 radical (unpaired) electrons. The van der Waals surface area contributed by atoms with Gasteiger partial charge in [-0.2, -0.15) is 4.31 Å². The van der Waals surface area contributed by atoms with Crippen molar-refractivity contribution < 1.29 is 17.9 Å². The molecule has 144 valence electrons. The van der Waals surface area contributed by atoms with Crippen molar-refractivity contribution in [2.45, 2.75) is 63.8 Å². The Bertz CT molecular complexity index is 785. The maximum Gasteiger partial charge on any atom is 0.305 e. The number of nitrogens with zero attached hydrogens (tertiary/aromatic N) is 1. The first-order chi connectivity index (χ1) is 12.0. The van der Waals surface area contributed by atoms with Crippen LogP contribution in [0.25, 0.3) is 0 Å². The molecule has 2 bridgehead atoms. The number of carbonyl (C=O) groups is 1. The van der Waals surface area contributed by atoms with Crippen molar-refractivity contribution >= 4 is 16.0 Å². The molecule has 1 aromatic carbocycles. The Morgan fingerprint density at radius 1 is 1.19 bits per heavy atom. The van der Waals surface area contributed by atoms with Crippen molar-refractivity contribution in [2.24, 2.45) is 10.8 Å². The normalized spacial score (nSPS) is 28.1. The first kappa shape index (κ1) is 19.4. The molecule has 6 heteroatoms. The van der Waals surface area contributed by atoms with Crippen LogP contribution in [-0.2, 0) is 26.0 Å². The van der Waals surface area contributed by atoms with Crippen LogP contribution in [0.15, 0.2) is 29.2 Å². The SMILES string of the molecule is COC(=O)CCc1ccc(S(=O)(=O)N2CC3(C)CC2CC(C)(C)C3)cc1. The minimum atomic E-state index is -3.49. The van der Waals surface area contributed by atoms with E-state index in [2.05, 4.69) is 25.5 Å². The molecule has 1 saturated carbocycles. The van der Waals surface area contributed by atoms with Gasteiger partial charge < -0.3 is 4.74 Å². The van der Waals surface area contributed by atoms with Gasteiger partial charge in [0.2, 0.25) is 10.0 Å². The summed E-state index contributed by atoms with van der Waals surface area (Å²) < 4.78 is 32.8. The third-order valence-electron chi connectivity index (χ3n) is 5.74. The summed E-state index contributed by atoms with van der Waals surface area (Å²) in [6.45, 7) is 7.30. The smallest absolute Gasteiger partial charge is 0.305 e. The van der Waals surface area contributed by atoms with Crippen molar-refractivity contribution in [3.8, 4) is 0 Å². The number of rotatable bonds is 5. The third-order valence-corrected chi connectivity index (χ3v) is 7.65. The summed E-state index contributed by atoms with van der Waals surface area (Å²) in [7, 11) is -2.13. The van der Waals surface area contributed by atoms with Crippen LogP contribution < -0.4 is 0 Å². The van der Waals surface area contributed by atoms with Gasteiger partial charge in [0, 0.05) is 19.0 Å². The van der Waals surface area contributed by atoms with E-state index < -0.39 is 10.0 Å². The van der Waals surface area contributed by atoms with E-state index in [1.807, 2.05) is 0 Å². The molecule has 2 atom stereocenters. The lowest BCUT2D eigenvalue weighted by molar-refractivity contribution is -0.140. The monoisotopic (exact) mass is 379 g/mol. The summed E-state index contributed by atoms with van der Waals surface area (Å²) in [6.07, 6.45) is 3.77. The average Bonchev–Trinajstić information content (AvgIpc) is 2.82. The van der Waals surface area contributed by atoms with Gasteiger partial charge in [-0.1, -0.05) is 32.9 Å². The van der Waals surface area contributed by atoms with Crippen molar-refractivity contribution in [3.63, 3.8) is 0 Å². The van der Waals surface area contributed by atoms with E-state index in [1.54, 1.807) is 28.6 Å². The van der Waals surface area contributed by atoms with Crippen LogP contribution in [0.1, 0.15) is 52.0 Å². The van der Waals surface area contributed by atoms with E-state index in [9.17, 15) is 13.2 Å². The van der Waals surface area contributed by atoms with Crippen molar-refractivity contribution in [1.82, 2.24) is 4.31 Å². The molecule has 1 aromatic rings. The molecular weight excluding hydrogens is 350 g/mol. The minimum absolute atomic E-state index is 0.0694. The predicted octanol–water partition coefficient (Wildman–Crippen LogP) is 3.38. The molecule has 2 aliphatic rings. The molecule has 1 saturated heterocycles. The van der Waals surface area contributed by atoms with Gasteiger partial charge in [-0.15, -0.1) is 0 Å². The number of sulfonamides is 1. The number of methoxy groups -OCH3 is 1. The molecule has 0 aromatic heterocycles.